The SMILES string of the molecule is CCC(CC)n1c(=O)[nH]c2ncc(Cl)c(/C=N\OC(C)(C)C)c21. The van der Waals surface area contributed by atoms with Crippen LogP contribution in [0.4, 0.5) is 0 Å². The lowest BCUT2D eigenvalue weighted by Gasteiger charge is -2.16. The maximum absolute atomic E-state index is 12.3. The first-order valence-corrected chi connectivity index (χ1v) is 8.16. The van der Waals surface area contributed by atoms with Crippen molar-refractivity contribution < 1.29 is 4.84 Å². The summed E-state index contributed by atoms with van der Waals surface area (Å²) >= 11 is 6.29. The molecule has 0 spiro atoms. The number of nitrogens with zero attached hydrogens (tertiary/aromatic N) is 3. The summed E-state index contributed by atoms with van der Waals surface area (Å²) in [5, 5.41) is 4.45. The summed E-state index contributed by atoms with van der Waals surface area (Å²) in [4.78, 5) is 24.7. The number of hydrogen-bond donors (Lipinski definition) is 1. The van der Waals surface area contributed by atoms with Crippen molar-refractivity contribution in [1.82, 2.24) is 14.5 Å². The monoisotopic (exact) mass is 338 g/mol. The molecule has 6 nitrogen and oxygen atoms in total. The molecule has 0 aliphatic heterocycles. The van der Waals surface area contributed by atoms with Crippen LogP contribution in [0.25, 0.3) is 11.2 Å². The van der Waals surface area contributed by atoms with Gasteiger partial charge in [0.1, 0.15) is 5.60 Å². The number of aromatic amines is 1. The second-order valence-corrected chi connectivity index (χ2v) is 6.83. The second kappa shape index (κ2) is 6.74. The average molecular weight is 339 g/mol. The number of nitrogens with one attached hydrogen (secondary N) is 1. The third kappa shape index (κ3) is 3.75. The van der Waals surface area contributed by atoms with Gasteiger partial charge in [-0.25, -0.2) is 9.78 Å². The van der Waals surface area contributed by atoms with Gasteiger partial charge in [-0.3, -0.25) is 9.55 Å². The van der Waals surface area contributed by atoms with Gasteiger partial charge in [0, 0.05) is 17.8 Å². The Morgan fingerprint density at radius 2 is 2.09 bits per heavy atom. The van der Waals surface area contributed by atoms with E-state index in [2.05, 4.69) is 15.1 Å². The molecular formula is C16H23ClN4O2. The fourth-order valence-corrected chi connectivity index (χ4v) is 2.64. The highest BCUT2D eigenvalue weighted by molar-refractivity contribution is 6.34. The number of pyridine rings is 1. The van der Waals surface area contributed by atoms with Crippen LogP contribution in [0, 0.1) is 0 Å². The van der Waals surface area contributed by atoms with Crippen molar-refractivity contribution in [2.24, 2.45) is 5.16 Å². The van der Waals surface area contributed by atoms with Crippen molar-refractivity contribution in [2.45, 2.75) is 59.1 Å². The van der Waals surface area contributed by atoms with Crippen LogP contribution in [-0.2, 0) is 4.84 Å². The van der Waals surface area contributed by atoms with E-state index in [0.29, 0.717) is 21.7 Å². The van der Waals surface area contributed by atoms with Gasteiger partial charge in [-0.1, -0.05) is 30.6 Å². The number of imidazole rings is 1. The predicted octanol–water partition coefficient (Wildman–Crippen LogP) is 3.89. The van der Waals surface area contributed by atoms with E-state index in [1.165, 1.54) is 6.20 Å². The van der Waals surface area contributed by atoms with E-state index in [0.717, 1.165) is 12.8 Å². The van der Waals surface area contributed by atoms with Gasteiger partial charge in [-0.15, -0.1) is 0 Å². The van der Waals surface area contributed by atoms with Gasteiger partial charge in [0.15, 0.2) is 5.65 Å². The predicted molar refractivity (Wildman–Crippen MR) is 93.4 cm³/mol. The number of halogens is 1. The van der Waals surface area contributed by atoms with Crippen molar-refractivity contribution in [2.75, 3.05) is 0 Å². The fourth-order valence-electron chi connectivity index (χ4n) is 2.45. The van der Waals surface area contributed by atoms with Crippen LogP contribution in [0.5, 0.6) is 0 Å². The Bertz CT molecular complexity index is 767. The summed E-state index contributed by atoms with van der Waals surface area (Å²) in [6, 6.07) is 0.0761. The van der Waals surface area contributed by atoms with Crippen LogP contribution in [0.15, 0.2) is 16.1 Å². The molecule has 1 N–H and O–H groups in total. The van der Waals surface area contributed by atoms with E-state index in [4.69, 9.17) is 16.4 Å². The van der Waals surface area contributed by atoms with Crippen molar-refractivity contribution in [1.29, 1.82) is 0 Å². The van der Waals surface area contributed by atoms with Crippen LogP contribution in [-0.4, -0.2) is 26.4 Å². The molecule has 0 saturated carbocycles. The van der Waals surface area contributed by atoms with E-state index >= 15 is 0 Å². The highest BCUT2D eigenvalue weighted by Crippen LogP contribution is 2.25. The first-order valence-electron chi connectivity index (χ1n) is 7.78. The lowest BCUT2D eigenvalue weighted by Crippen LogP contribution is -2.22. The third-order valence-corrected chi connectivity index (χ3v) is 3.85. The molecule has 0 unspecified atom stereocenters. The Morgan fingerprint density at radius 3 is 2.65 bits per heavy atom. The van der Waals surface area contributed by atoms with Gasteiger partial charge in [0.2, 0.25) is 0 Å². The van der Waals surface area contributed by atoms with Crippen LogP contribution >= 0.6 is 11.6 Å². The lowest BCUT2D eigenvalue weighted by atomic mass is 10.1. The molecule has 7 heteroatoms. The molecule has 0 atom stereocenters. The van der Waals surface area contributed by atoms with Crippen molar-refractivity contribution >= 4 is 29.0 Å². The van der Waals surface area contributed by atoms with Crippen molar-refractivity contribution in [3.05, 3.63) is 27.3 Å². The summed E-state index contributed by atoms with van der Waals surface area (Å²) in [5.74, 6) is 0. The molecule has 0 radical (unpaired) electrons. The zero-order valence-electron chi connectivity index (χ0n) is 14.2. The van der Waals surface area contributed by atoms with Crippen LogP contribution in [0.2, 0.25) is 5.02 Å². The van der Waals surface area contributed by atoms with Crippen LogP contribution in [0.1, 0.15) is 59.1 Å². The topological polar surface area (TPSA) is 72.3 Å². The molecule has 0 bridgehead atoms. The number of H-pyrrole nitrogens is 1. The molecule has 0 saturated heterocycles. The van der Waals surface area contributed by atoms with E-state index in [-0.39, 0.29) is 11.7 Å². The minimum Gasteiger partial charge on any atom is -0.390 e. The zero-order valence-corrected chi connectivity index (χ0v) is 14.9. The maximum atomic E-state index is 12.3. The largest absolute Gasteiger partial charge is 0.390 e. The molecule has 2 aromatic heterocycles. The normalized spacial score (nSPS) is 12.7. The molecule has 0 aliphatic rings. The molecule has 0 fully saturated rings. The quantitative estimate of drug-likeness (QED) is 0.664. The standard InChI is InChI=1S/C16H23ClN4O2/c1-6-10(7-2)21-13-11(8-19-23-16(3,4)5)12(17)9-18-14(13)20-15(21)22/h8-10H,6-7H2,1-5H3,(H,18,20,22)/b19-8-. The Hall–Kier alpha value is -1.82. The molecule has 0 amide bonds. The minimum absolute atomic E-state index is 0.0761. The number of aromatic nitrogens is 3. The van der Waals surface area contributed by atoms with Crippen LogP contribution < -0.4 is 5.69 Å². The van der Waals surface area contributed by atoms with E-state index in [9.17, 15) is 4.79 Å². The Morgan fingerprint density at radius 1 is 1.43 bits per heavy atom. The lowest BCUT2D eigenvalue weighted by molar-refractivity contribution is 0.00200. The molecule has 2 aromatic rings. The molecule has 126 valence electrons. The molecule has 2 rings (SSSR count). The first-order chi connectivity index (χ1) is 10.8. The van der Waals surface area contributed by atoms with E-state index in [1.54, 1.807) is 10.8 Å². The van der Waals surface area contributed by atoms with Crippen molar-refractivity contribution in [3.8, 4) is 0 Å². The number of oxime groups is 1. The third-order valence-electron chi connectivity index (χ3n) is 3.54. The van der Waals surface area contributed by atoms with Gasteiger partial charge in [-0.05, 0) is 33.6 Å². The fraction of sp³-hybridized carbons (Fsp3) is 0.562. The Labute approximate surface area is 140 Å². The summed E-state index contributed by atoms with van der Waals surface area (Å²) in [5.41, 5.74) is 1.21. The second-order valence-electron chi connectivity index (χ2n) is 6.43. The summed E-state index contributed by atoms with van der Waals surface area (Å²) in [7, 11) is 0. The van der Waals surface area contributed by atoms with Gasteiger partial charge in [0.25, 0.3) is 0 Å². The highest BCUT2D eigenvalue weighted by atomic mass is 35.5. The molecule has 0 aliphatic carbocycles. The van der Waals surface area contributed by atoms with Crippen molar-refractivity contribution in [3.63, 3.8) is 0 Å². The number of fused-ring (bicyclic) bond motifs is 1. The Balaban J connectivity index is 2.63. The zero-order chi connectivity index (χ0) is 17.2. The van der Waals surface area contributed by atoms with Gasteiger partial charge >= 0.3 is 5.69 Å². The minimum atomic E-state index is -0.400. The number of rotatable bonds is 5. The molecule has 0 aromatic carbocycles. The number of hydrogen-bond acceptors (Lipinski definition) is 4. The average Bonchev–Trinajstić information content (AvgIpc) is 2.79. The molecule has 23 heavy (non-hydrogen) atoms. The van der Waals surface area contributed by atoms with Crippen LogP contribution in [0.3, 0.4) is 0 Å². The summed E-state index contributed by atoms with van der Waals surface area (Å²) in [6.07, 6.45) is 4.73. The summed E-state index contributed by atoms with van der Waals surface area (Å²) < 4.78 is 1.71. The molecule has 2 heterocycles. The van der Waals surface area contributed by atoms with Gasteiger partial charge in [0.05, 0.1) is 16.8 Å². The maximum Gasteiger partial charge on any atom is 0.327 e. The molecular weight excluding hydrogens is 316 g/mol. The van der Waals surface area contributed by atoms with E-state index in [1.807, 2.05) is 34.6 Å². The highest BCUT2D eigenvalue weighted by Gasteiger charge is 2.19. The van der Waals surface area contributed by atoms with Gasteiger partial charge in [-0.2, -0.15) is 0 Å². The first kappa shape index (κ1) is 17.5. The Kier molecular flexibility index (Phi) is 5.14. The van der Waals surface area contributed by atoms with Gasteiger partial charge < -0.3 is 4.84 Å². The van der Waals surface area contributed by atoms with E-state index < -0.39 is 5.60 Å². The summed E-state index contributed by atoms with van der Waals surface area (Å²) in [6.45, 7) is 9.82. The smallest absolute Gasteiger partial charge is 0.327 e.